The minimum atomic E-state index is -1.00. The number of hydrogen-bond acceptors (Lipinski definition) is 5. The maximum atomic E-state index is 13.7. The van der Waals surface area contributed by atoms with Crippen LogP contribution in [-0.2, 0) is 17.8 Å². The van der Waals surface area contributed by atoms with Crippen LogP contribution in [0, 0.1) is 11.6 Å². The van der Waals surface area contributed by atoms with Crippen molar-refractivity contribution in [3.05, 3.63) is 63.1 Å². The van der Waals surface area contributed by atoms with Crippen LogP contribution in [0.3, 0.4) is 0 Å². The van der Waals surface area contributed by atoms with Gasteiger partial charge in [0.1, 0.15) is 17.2 Å². The highest BCUT2D eigenvalue weighted by Crippen LogP contribution is 2.30. The van der Waals surface area contributed by atoms with Crippen LogP contribution >= 0.6 is 0 Å². The first-order valence-corrected chi connectivity index (χ1v) is 9.44. The van der Waals surface area contributed by atoms with Gasteiger partial charge in [-0.1, -0.05) is 13.0 Å². The van der Waals surface area contributed by atoms with Crippen molar-refractivity contribution in [3.8, 4) is 5.75 Å². The average molecular weight is 419 g/mol. The molecule has 4 rings (SSSR count). The van der Waals surface area contributed by atoms with Crippen molar-refractivity contribution in [1.82, 2.24) is 14.8 Å². The first-order valence-electron chi connectivity index (χ1n) is 9.44. The second-order valence-corrected chi connectivity index (χ2v) is 7.20. The molecular weight excluding hydrogens is 400 g/mol. The highest BCUT2D eigenvalue weighted by Gasteiger charge is 2.43. The molecule has 2 aromatic rings. The fourth-order valence-electron chi connectivity index (χ4n) is 3.78. The molecule has 1 fully saturated rings. The lowest BCUT2D eigenvalue weighted by atomic mass is 10.1. The maximum absolute atomic E-state index is 13.7. The first kappa shape index (κ1) is 20.0. The summed E-state index contributed by atoms with van der Waals surface area (Å²) in [5.74, 6) is -3.80. The molecule has 0 radical (unpaired) electrons. The van der Waals surface area contributed by atoms with Crippen LogP contribution in [0.1, 0.15) is 39.8 Å². The lowest BCUT2D eigenvalue weighted by molar-refractivity contribution is 0.00563. The monoisotopic (exact) mass is 419 g/mol. The van der Waals surface area contributed by atoms with Gasteiger partial charge in [0, 0.05) is 24.4 Å². The summed E-state index contributed by atoms with van der Waals surface area (Å²) in [6.07, 6.45) is 1.29. The number of benzene rings is 1. The van der Waals surface area contributed by atoms with Crippen LogP contribution in [0.15, 0.2) is 29.2 Å². The number of aromatic hydroxyl groups is 1. The fraction of sp³-hybridized carbons (Fsp3) is 0.350. The Labute approximate surface area is 169 Å². The number of nitrogens with zero attached hydrogens (tertiary/aromatic N) is 2. The molecule has 2 atom stereocenters. The standard InChI is InChI=1S/C20H19F2N3O5/c1-2-12-9-30-15-8-24-7-13(17(26)18(27)16(24)20(29)25(12)15)19(28)23-6-10-3-4-11(21)5-14(10)22/h3-5,7,12,15,27H,2,6,8-9H2,1H3,(H,23,28)/t12?,15-/m0/s1. The highest BCUT2D eigenvalue weighted by molar-refractivity contribution is 5.99. The van der Waals surface area contributed by atoms with Crippen LogP contribution in [-0.4, -0.2) is 45.3 Å². The van der Waals surface area contributed by atoms with Gasteiger partial charge in [0.15, 0.2) is 17.7 Å². The van der Waals surface area contributed by atoms with E-state index in [0.717, 1.165) is 6.07 Å². The van der Waals surface area contributed by atoms with Crippen molar-refractivity contribution in [2.24, 2.45) is 0 Å². The summed E-state index contributed by atoms with van der Waals surface area (Å²) in [5, 5.41) is 12.8. The van der Waals surface area contributed by atoms with E-state index in [1.807, 2.05) is 6.92 Å². The summed E-state index contributed by atoms with van der Waals surface area (Å²) in [4.78, 5) is 39.4. The number of fused-ring (bicyclic) bond motifs is 2. The van der Waals surface area contributed by atoms with Crippen molar-refractivity contribution in [2.45, 2.75) is 38.7 Å². The summed E-state index contributed by atoms with van der Waals surface area (Å²) in [6.45, 7) is 2.12. The van der Waals surface area contributed by atoms with Gasteiger partial charge in [-0.25, -0.2) is 8.78 Å². The Bertz CT molecular complexity index is 1100. The number of halogens is 2. The number of ether oxygens (including phenoxy) is 1. The van der Waals surface area contributed by atoms with Crippen LogP contribution in [0.5, 0.6) is 5.75 Å². The Morgan fingerprint density at radius 1 is 1.33 bits per heavy atom. The molecule has 1 unspecified atom stereocenters. The van der Waals surface area contributed by atoms with Crippen molar-refractivity contribution in [2.75, 3.05) is 6.61 Å². The van der Waals surface area contributed by atoms with Gasteiger partial charge >= 0.3 is 0 Å². The predicted molar refractivity (Wildman–Crippen MR) is 99.9 cm³/mol. The van der Waals surface area contributed by atoms with E-state index in [2.05, 4.69) is 5.32 Å². The Morgan fingerprint density at radius 3 is 2.80 bits per heavy atom. The van der Waals surface area contributed by atoms with Gasteiger partial charge in [0.25, 0.3) is 11.8 Å². The van der Waals surface area contributed by atoms with Crippen molar-refractivity contribution >= 4 is 11.8 Å². The molecule has 2 aliphatic heterocycles. The number of carbonyl (C=O) groups excluding carboxylic acids is 2. The van der Waals surface area contributed by atoms with Gasteiger partial charge in [-0.2, -0.15) is 0 Å². The summed E-state index contributed by atoms with van der Waals surface area (Å²) in [7, 11) is 0. The van der Waals surface area contributed by atoms with E-state index >= 15 is 0 Å². The Balaban J connectivity index is 1.62. The molecule has 30 heavy (non-hydrogen) atoms. The molecule has 10 heteroatoms. The van der Waals surface area contributed by atoms with Crippen LogP contribution < -0.4 is 10.7 Å². The third-order valence-corrected chi connectivity index (χ3v) is 5.40. The predicted octanol–water partition coefficient (Wildman–Crippen LogP) is 1.35. The second kappa shape index (κ2) is 7.52. The molecule has 2 amide bonds. The van der Waals surface area contributed by atoms with Crippen LogP contribution in [0.25, 0.3) is 0 Å². The van der Waals surface area contributed by atoms with E-state index < -0.39 is 46.4 Å². The number of hydrogen-bond donors (Lipinski definition) is 2. The molecule has 0 bridgehead atoms. The van der Waals surface area contributed by atoms with E-state index in [-0.39, 0.29) is 30.4 Å². The number of amides is 2. The van der Waals surface area contributed by atoms with Gasteiger partial charge in [0.05, 0.1) is 19.2 Å². The van der Waals surface area contributed by atoms with Gasteiger partial charge in [0.2, 0.25) is 5.43 Å². The van der Waals surface area contributed by atoms with Crippen molar-refractivity contribution < 1.29 is 28.2 Å². The maximum Gasteiger partial charge on any atom is 0.276 e. The van der Waals surface area contributed by atoms with Gasteiger partial charge < -0.3 is 24.6 Å². The molecule has 158 valence electrons. The third kappa shape index (κ3) is 3.22. The zero-order valence-corrected chi connectivity index (χ0v) is 16.0. The van der Waals surface area contributed by atoms with Crippen molar-refractivity contribution in [1.29, 1.82) is 0 Å². The zero-order valence-electron chi connectivity index (χ0n) is 16.0. The average Bonchev–Trinajstić information content (AvgIpc) is 3.13. The molecule has 2 N–H and O–H groups in total. The Kier molecular flexibility index (Phi) is 5.02. The molecule has 2 aliphatic rings. The zero-order chi connectivity index (χ0) is 21.6. The number of nitrogens with one attached hydrogen (secondary N) is 1. The molecular formula is C20H19F2N3O5. The highest BCUT2D eigenvalue weighted by atomic mass is 19.1. The summed E-state index contributed by atoms with van der Waals surface area (Å²) in [6, 6.07) is 2.76. The van der Waals surface area contributed by atoms with Crippen LogP contribution in [0.2, 0.25) is 0 Å². The number of pyridine rings is 1. The summed E-state index contributed by atoms with van der Waals surface area (Å²) >= 11 is 0. The summed E-state index contributed by atoms with van der Waals surface area (Å²) in [5.41, 5.74) is -1.56. The molecule has 0 saturated carbocycles. The van der Waals surface area contributed by atoms with E-state index in [4.69, 9.17) is 4.74 Å². The van der Waals surface area contributed by atoms with E-state index in [1.54, 1.807) is 0 Å². The van der Waals surface area contributed by atoms with Gasteiger partial charge in [-0.3, -0.25) is 14.4 Å². The van der Waals surface area contributed by atoms with E-state index in [0.29, 0.717) is 19.1 Å². The number of carbonyl (C=O) groups is 2. The first-order chi connectivity index (χ1) is 14.3. The lowest BCUT2D eigenvalue weighted by Gasteiger charge is -2.34. The quantitative estimate of drug-likeness (QED) is 0.779. The van der Waals surface area contributed by atoms with E-state index in [1.165, 1.54) is 21.7 Å². The normalized spacial score (nSPS) is 20.1. The second-order valence-electron chi connectivity index (χ2n) is 7.20. The molecule has 1 aromatic heterocycles. The topological polar surface area (TPSA) is 101 Å². The Hall–Kier alpha value is -3.27. The lowest BCUT2D eigenvalue weighted by Crippen LogP contribution is -2.49. The molecule has 3 heterocycles. The number of rotatable bonds is 4. The fourth-order valence-corrected chi connectivity index (χ4v) is 3.78. The number of aromatic nitrogens is 1. The molecule has 8 nitrogen and oxygen atoms in total. The molecule has 0 spiro atoms. The van der Waals surface area contributed by atoms with Crippen LogP contribution in [0.4, 0.5) is 8.78 Å². The van der Waals surface area contributed by atoms with E-state index in [9.17, 15) is 28.3 Å². The molecule has 1 aromatic carbocycles. The van der Waals surface area contributed by atoms with Gasteiger partial charge in [-0.05, 0) is 12.5 Å². The summed E-state index contributed by atoms with van der Waals surface area (Å²) < 4.78 is 33.7. The Morgan fingerprint density at radius 2 is 2.10 bits per heavy atom. The van der Waals surface area contributed by atoms with Crippen molar-refractivity contribution in [3.63, 3.8) is 0 Å². The minimum Gasteiger partial charge on any atom is -0.503 e. The largest absolute Gasteiger partial charge is 0.503 e. The molecule has 0 aliphatic carbocycles. The smallest absolute Gasteiger partial charge is 0.276 e. The third-order valence-electron chi connectivity index (χ3n) is 5.40. The van der Waals surface area contributed by atoms with Gasteiger partial charge in [-0.15, -0.1) is 0 Å². The molecule has 1 saturated heterocycles. The SMILES string of the molecule is CCC1CO[C@H]2Cn3cc(C(=O)NCc4ccc(F)cc4F)c(=O)c(O)c3C(=O)N12. The minimum absolute atomic E-state index is 0.0304.